The van der Waals surface area contributed by atoms with Crippen LogP contribution < -0.4 is 16.4 Å². The van der Waals surface area contributed by atoms with Crippen LogP contribution in [-0.2, 0) is 38.4 Å². The van der Waals surface area contributed by atoms with Crippen LogP contribution in [0.15, 0.2) is 0 Å². The molecule has 0 saturated heterocycles. The highest BCUT2D eigenvalue weighted by Gasteiger charge is 2.29. The van der Waals surface area contributed by atoms with Crippen molar-refractivity contribution in [3.05, 3.63) is 0 Å². The Bertz CT molecular complexity index is 991. The lowest BCUT2D eigenvalue weighted by Crippen LogP contribution is -2.46. The summed E-state index contributed by atoms with van der Waals surface area (Å²) < 4.78 is 0. The number of carboxylic acids is 6. The van der Waals surface area contributed by atoms with Gasteiger partial charge in [-0.25, -0.2) is 0 Å². The fraction of sp³-hybridized carbons (Fsp3) is 0.680. The minimum Gasteiger partial charge on any atom is -0.480 e. The quantitative estimate of drug-likeness (QED) is 0.0444. The highest BCUT2D eigenvalue weighted by molar-refractivity contribution is 5.83. The fourth-order valence-corrected chi connectivity index (χ4v) is 4.17. The van der Waals surface area contributed by atoms with Crippen LogP contribution in [0.1, 0.15) is 51.4 Å². The first kappa shape index (κ1) is 39.6. The lowest BCUT2D eigenvalue weighted by molar-refractivity contribution is -0.152. The Morgan fingerprint density at radius 1 is 0.545 bits per heavy atom. The van der Waals surface area contributed by atoms with E-state index in [0.29, 0.717) is 12.8 Å². The zero-order chi connectivity index (χ0) is 33.8. The van der Waals surface area contributed by atoms with Gasteiger partial charge in [0.05, 0.1) is 32.2 Å². The molecule has 0 fully saturated rings. The topological polar surface area (TPSA) is 314 Å². The van der Waals surface area contributed by atoms with Gasteiger partial charge in [0, 0.05) is 19.5 Å². The Labute approximate surface area is 252 Å². The van der Waals surface area contributed by atoms with Gasteiger partial charge in [-0.15, -0.1) is 0 Å². The number of hydrogen-bond acceptors (Lipinski definition) is 11. The Kier molecular flexibility index (Phi) is 19.2. The van der Waals surface area contributed by atoms with Crippen LogP contribution >= 0.6 is 0 Å². The van der Waals surface area contributed by atoms with Crippen LogP contribution in [0.2, 0.25) is 0 Å². The number of nitrogens with two attached hydrogens (primary N) is 1. The van der Waals surface area contributed by atoms with E-state index in [1.54, 1.807) is 0 Å². The average Bonchev–Trinajstić information content (AvgIpc) is 2.88. The summed E-state index contributed by atoms with van der Waals surface area (Å²) in [6.07, 6.45) is 0.898. The number of unbranched alkanes of at least 4 members (excludes halogenated alkanes) is 2. The molecule has 250 valence electrons. The number of carbonyl (C=O) groups excluding carboxylic acids is 2. The van der Waals surface area contributed by atoms with Crippen molar-refractivity contribution in [1.82, 2.24) is 20.4 Å². The Morgan fingerprint density at radius 3 is 1.25 bits per heavy atom. The van der Waals surface area contributed by atoms with E-state index in [1.165, 1.54) is 0 Å². The number of hydrogen-bond donors (Lipinski definition) is 9. The summed E-state index contributed by atoms with van der Waals surface area (Å²) >= 11 is 0. The van der Waals surface area contributed by atoms with Crippen LogP contribution in [0.25, 0.3) is 0 Å². The van der Waals surface area contributed by atoms with Gasteiger partial charge in [0.2, 0.25) is 11.8 Å². The molecule has 44 heavy (non-hydrogen) atoms. The summed E-state index contributed by atoms with van der Waals surface area (Å²) in [5.74, 6) is -9.23. The molecule has 0 aliphatic carbocycles. The molecule has 0 aromatic rings. The van der Waals surface area contributed by atoms with Crippen molar-refractivity contribution in [2.75, 3.05) is 39.3 Å². The van der Waals surface area contributed by atoms with Crippen molar-refractivity contribution in [3.8, 4) is 0 Å². The van der Waals surface area contributed by atoms with Crippen LogP contribution in [-0.4, -0.2) is 145 Å². The smallest absolute Gasteiger partial charge is 0.320 e. The minimum absolute atomic E-state index is 0.00147. The summed E-state index contributed by atoms with van der Waals surface area (Å²) in [6, 6.07) is -3.71. The predicted molar refractivity (Wildman–Crippen MR) is 147 cm³/mol. The van der Waals surface area contributed by atoms with E-state index in [2.05, 4.69) is 10.6 Å². The van der Waals surface area contributed by atoms with Crippen molar-refractivity contribution < 1.29 is 69.0 Å². The molecule has 2 amide bonds. The first-order valence-corrected chi connectivity index (χ1v) is 13.7. The molecule has 19 heteroatoms. The molecular weight excluding hydrogens is 594 g/mol. The van der Waals surface area contributed by atoms with Gasteiger partial charge >= 0.3 is 35.8 Å². The molecule has 0 aliphatic heterocycles. The number of rotatable bonds is 26. The standard InChI is InChI=1S/C25H41N5O14/c26-15(23(40)28-10-4-2-6-17(25(43)44)30(13-21(36)37)14-22(38)39)7-8-18(31)27-9-3-1-5-16(24(41)42)29(11-19(32)33)12-20(34)35/h15-17H,1-14,26H2,(H,27,31)(H,28,40)(H,32,33)(H,34,35)(H,36,37)(H,38,39)(H,41,42)(H,43,44). The van der Waals surface area contributed by atoms with E-state index in [-0.39, 0.29) is 51.6 Å². The van der Waals surface area contributed by atoms with Gasteiger partial charge in [-0.3, -0.25) is 48.2 Å². The van der Waals surface area contributed by atoms with Crippen LogP contribution in [0, 0.1) is 0 Å². The first-order valence-electron chi connectivity index (χ1n) is 13.7. The summed E-state index contributed by atoms with van der Waals surface area (Å²) in [6.45, 7) is -2.80. The number of aliphatic carboxylic acids is 6. The van der Waals surface area contributed by atoms with Gasteiger partial charge in [-0.05, 0) is 44.9 Å². The van der Waals surface area contributed by atoms with E-state index in [4.69, 9.17) is 26.2 Å². The van der Waals surface area contributed by atoms with Crippen LogP contribution in [0.3, 0.4) is 0 Å². The third-order valence-electron chi connectivity index (χ3n) is 6.25. The van der Waals surface area contributed by atoms with E-state index in [1.807, 2.05) is 0 Å². The molecule has 3 atom stereocenters. The number of amides is 2. The van der Waals surface area contributed by atoms with Gasteiger partial charge in [-0.2, -0.15) is 0 Å². The van der Waals surface area contributed by atoms with Gasteiger partial charge in [0.1, 0.15) is 12.1 Å². The van der Waals surface area contributed by atoms with Crippen molar-refractivity contribution >= 4 is 47.6 Å². The molecule has 0 aliphatic rings. The molecule has 0 bridgehead atoms. The van der Waals surface area contributed by atoms with Gasteiger partial charge < -0.3 is 47.0 Å². The van der Waals surface area contributed by atoms with E-state index in [0.717, 1.165) is 9.80 Å². The third kappa shape index (κ3) is 18.2. The van der Waals surface area contributed by atoms with Crippen molar-refractivity contribution in [2.24, 2.45) is 5.73 Å². The predicted octanol–water partition coefficient (Wildman–Crippen LogP) is -2.48. The zero-order valence-corrected chi connectivity index (χ0v) is 24.1. The number of nitrogens with zero attached hydrogens (tertiary/aromatic N) is 2. The average molecular weight is 636 g/mol. The SMILES string of the molecule is NC(CCC(=O)NCCCCC(C(=O)O)N(CC(=O)O)CC(=O)O)C(=O)NCCCCC(C(=O)O)N(CC(=O)O)CC(=O)O. The molecule has 0 rings (SSSR count). The van der Waals surface area contributed by atoms with Crippen molar-refractivity contribution in [3.63, 3.8) is 0 Å². The molecule has 10 N–H and O–H groups in total. The maximum Gasteiger partial charge on any atom is 0.320 e. The summed E-state index contributed by atoms with van der Waals surface area (Å²) in [5.41, 5.74) is 5.80. The minimum atomic E-state index is -1.38. The second-order valence-corrected chi connectivity index (χ2v) is 9.87. The summed E-state index contributed by atoms with van der Waals surface area (Å²) in [4.78, 5) is 92.8. The van der Waals surface area contributed by atoms with E-state index in [9.17, 15) is 48.6 Å². The van der Waals surface area contributed by atoms with Gasteiger partial charge in [-0.1, -0.05) is 0 Å². The molecule has 0 saturated carbocycles. The van der Waals surface area contributed by atoms with Crippen molar-refractivity contribution in [2.45, 2.75) is 69.5 Å². The molecule has 0 heterocycles. The largest absolute Gasteiger partial charge is 0.480 e. The second kappa shape index (κ2) is 21.3. The molecular formula is C25H41N5O14. The molecule has 0 aromatic carbocycles. The monoisotopic (exact) mass is 635 g/mol. The normalized spacial score (nSPS) is 13.1. The fourth-order valence-electron chi connectivity index (χ4n) is 4.17. The van der Waals surface area contributed by atoms with Gasteiger partial charge in [0.15, 0.2) is 0 Å². The lowest BCUT2D eigenvalue weighted by Gasteiger charge is -2.25. The van der Waals surface area contributed by atoms with Crippen molar-refractivity contribution in [1.29, 1.82) is 0 Å². The van der Waals surface area contributed by atoms with E-state index >= 15 is 0 Å². The zero-order valence-electron chi connectivity index (χ0n) is 24.1. The second-order valence-electron chi connectivity index (χ2n) is 9.87. The molecule has 0 spiro atoms. The Hall–Kier alpha value is -4.36. The highest BCUT2D eigenvalue weighted by atomic mass is 16.4. The number of nitrogens with one attached hydrogen (secondary N) is 2. The Morgan fingerprint density at radius 2 is 0.909 bits per heavy atom. The van der Waals surface area contributed by atoms with Gasteiger partial charge in [0.25, 0.3) is 0 Å². The van der Waals surface area contributed by atoms with Crippen LogP contribution in [0.4, 0.5) is 0 Å². The third-order valence-corrected chi connectivity index (χ3v) is 6.25. The highest BCUT2D eigenvalue weighted by Crippen LogP contribution is 2.11. The molecule has 3 unspecified atom stereocenters. The Balaban J connectivity index is 4.42. The first-order chi connectivity index (χ1) is 20.5. The molecule has 0 aromatic heterocycles. The maximum atomic E-state index is 12.2. The summed E-state index contributed by atoms with van der Waals surface area (Å²) in [7, 11) is 0. The molecule has 19 nitrogen and oxygen atoms in total. The van der Waals surface area contributed by atoms with E-state index < -0.39 is 91.9 Å². The number of carbonyl (C=O) groups is 8. The van der Waals surface area contributed by atoms with Crippen LogP contribution in [0.5, 0.6) is 0 Å². The summed E-state index contributed by atoms with van der Waals surface area (Å²) in [5, 5.41) is 59.6. The lowest BCUT2D eigenvalue weighted by atomic mass is 10.1. The number of carboxylic acid groups (broad SMARTS) is 6. The maximum absolute atomic E-state index is 12.2. The molecule has 0 radical (unpaired) electrons.